The second-order valence-electron chi connectivity index (χ2n) is 5.47. The van der Waals surface area contributed by atoms with Crippen LogP contribution in [0.5, 0.6) is 0 Å². The number of carbonyl (C=O) groups is 2. The molecule has 2 saturated heterocycles. The average Bonchev–Trinajstić information content (AvgIpc) is 2.97. The molecule has 114 valence electrons. The van der Waals surface area contributed by atoms with Crippen LogP contribution in [0.2, 0.25) is 0 Å². The number of halogens is 1. The van der Waals surface area contributed by atoms with Crippen LogP contribution in [0.25, 0.3) is 0 Å². The van der Waals surface area contributed by atoms with Crippen LogP contribution in [0.3, 0.4) is 0 Å². The Morgan fingerprint density at radius 2 is 2.24 bits per heavy atom. The maximum atomic E-state index is 12.5. The van der Waals surface area contributed by atoms with Crippen LogP contribution in [0.4, 0.5) is 0 Å². The van der Waals surface area contributed by atoms with Crippen molar-refractivity contribution in [3.8, 4) is 0 Å². The predicted molar refractivity (Wildman–Crippen MR) is 81.3 cm³/mol. The summed E-state index contributed by atoms with van der Waals surface area (Å²) >= 11 is 7.30. The number of hydrogen-bond donors (Lipinski definition) is 0. The van der Waals surface area contributed by atoms with Gasteiger partial charge in [-0.3, -0.25) is 9.59 Å². The average molecular weight is 328 g/mol. The Morgan fingerprint density at radius 1 is 1.38 bits per heavy atom. The molecule has 0 aliphatic carbocycles. The quantitative estimate of drug-likeness (QED) is 0.790. The van der Waals surface area contributed by atoms with Crippen molar-refractivity contribution < 1.29 is 9.59 Å². The first-order valence-electron chi connectivity index (χ1n) is 7.26. The number of piperazine rings is 1. The zero-order chi connectivity index (χ0) is 14.8. The fourth-order valence-corrected chi connectivity index (χ4v) is 3.99. The highest BCUT2D eigenvalue weighted by Gasteiger charge is 2.40. The Kier molecular flexibility index (Phi) is 4.45. The Bertz CT molecular complexity index is 548. The van der Waals surface area contributed by atoms with Crippen LogP contribution >= 0.6 is 22.9 Å². The van der Waals surface area contributed by atoms with Gasteiger partial charge in [0.15, 0.2) is 0 Å². The molecule has 1 aromatic rings. The molecule has 5 nitrogen and oxygen atoms in total. The van der Waals surface area contributed by atoms with E-state index in [1.807, 2.05) is 5.38 Å². The molecule has 0 bridgehead atoms. The van der Waals surface area contributed by atoms with Crippen molar-refractivity contribution >= 4 is 34.8 Å². The largest absolute Gasteiger partial charge is 0.331 e. The van der Waals surface area contributed by atoms with E-state index < -0.39 is 0 Å². The van der Waals surface area contributed by atoms with E-state index in [1.54, 1.807) is 21.1 Å². The molecule has 2 aliphatic rings. The molecule has 21 heavy (non-hydrogen) atoms. The molecule has 2 fully saturated rings. The zero-order valence-electron chi connectivity index (χ0n) is 11.8. The Hall–Kier alpha value is -1.14. The summed E-state index contributed by atoms with van der Waals surface area (Å²) < 4.78 is 0. The molecule has 0 N–H and O–H groups in total. The summed E-state index contributed by atoms with van der Waals surface area (Å²) in [6, 6.07) is -0.227. The molecule has 1 atom stereocenters. The summed E-state index contributed by atoms with van der Waals surface area (Å²) in [6.07, 6.45) is 3.53. The fourth-order valence-electron chi connectivity index (χ4n) is 2.97. The van der Waals surface area contributed by atoms with E-state index in [1.165, 1.54) is 0 Å². The second kappa shape index (κ2) is 6.32. The van der Waals surface area contributed by atoms with Gasteiger partial charge in [-0.05, 0) is 19.3 Å². The standard InChI is InChI=1S/C14H18ClN3O2S/c15-7-10-9-21-12(16-10)4-6-17-8-13(19)18-5-2-1-3-11(18)14(17)20/h9,11H,1-8H2. The third-order valence-corrected chi connectivity index (χ3v) is 5.31. The van der Waals surface area contributed by atoms with Gasteiger partial charge < -0.3 is 9.80 Å². The third kappa shape index (κ3) is 3.06. The number of amides is 2. The zero-order valence-corrected chi connectivity index (χ0v) is 13.3. The van der Waals surface area contributed by atoms with Gasteiger partial charge in [0.25, 0.3) is 0 Å². The van der Waals surface area contributed by atoms with E-state index in [2.05, 4.69) is 4.98 Å². The number of fused-ring (bicyclic) bond motifs is 1. The van der Waals surface area contributed by atoms with Crippen molar-refractivity contribution in [2.75, 3.05) is 19.6 Å². The van der Waals surface area contributed by atoms with Crippen molar-refractivity contribution in [1.29, 1.82) is 0 Å². The maximum absolute atomic E-state index is 12.5. The second-order valence-corrected chi connectivity index (χ2v) is 6.68. The number of alkyl halides is 1. The van der Waals surface area contributed by atoms with Crippen LogP contribution in [-0.2, 0) is 21.9 Å². The summed E-state index contributed by atoms with van der Waals surface area (Å²) in [5.41, 5.74) is 0.871. The molecule has 3 rings (SSSR count). The molecule has 3 heterocycles. The highest BCUT2D eigenvalue weighted by Crippen LogP contribution is 2.23. The van der Waals surface area contributed by atoms with Crippen molar-refractivity contribution in [3.63, 3.8) is 0 Å². The van der Waals surface area contributed by atoms with E-state index in [-0.39, 0.29) is 24.4 Å². The van der Waals surface area contributed by atoms with Crippen LogP contribution in [0.15, 0.2) is 5.38 Å². The predicted octanol–water partition coefficient (Wildman–Crippen LogP) is 1.65. The Morgan fingerprint density at radius 3 is 3.00 bits per heavy atom. The molecular weight excluding hydrogens is 310 g/mol. The van der Waals surface area contributed by atoms with Gasteiger partial charge >= 0.3 is 0 Å². The topological polar surface area (TPSA) is 53.5 Å². The molecule has 0 saturated carbocycles. The number of piperidine rings is 1. The third-order valence-electron chi connectivity index (χ3n) is 4.08. The smallest absolute Gasteiger partial charge is 0.245 e. The molecule has 2 aliphatic heterocycles. The van der Waals surface area contributed by atoms with Gasteiger partial charge in [0.05, 0.1) is 23.1 Å². The van der Waals surface area contributed by atoms with Crippen molar-refractivity contribution in [2.45, 2.75) is 37.6 Å². The first kappa shape index (κ1) is 14.8. The lowest BCUT2D eigenvalue weighted by molar-refractivity contribution is -0.157. The first-order valence-corrected chi connectivity index (χ1v) is 8.68. The number of hydrogen-bond acceptors (Lipinski definition) is 4. The van der Waals surface area contributed by atoms with E-state index in [9.17, 15) is 9.59 Å². The lowest BCUT2D eigenvalue weighted by Gasteiger charge is -2.42. The van der Waals surface area contributed by atoms with Crippen LogP contribution < -0.4 is 0 Å². The van der Waals surface area contributed by atoms with Crippen LogP contribution in [0.1, 0.15) is 30.0 Å². The number of thiazole rings is 1. The Balaban J connectivity index is 1.62. The van der Waals surface area contributed by atoms with Gasteiger partial charge in [-0.15, -0.1) is 22.9 Å². The summed E-state index contributed by atoms with van der Waals surface area (Å²) in [7, 11) is 0. The summed E-state index contributed by atoms with van der Waals surface area (Å²) in [6.45, 7) is 1.50. The fraction of sp³-hybridized carbons (Fsp3) is 0.643. The van der Waals surface area contributed by atoms with E-state index in [0.29, 0.717) is 18.8 Å². The minimum atomic E-state index is -0.227. The van der Waals surface area contributed by atoms with Gasteiger partial charge in [-0.25, -0.2) is 4.98 Å². The van der Waals surface area contributed by atoms with Gasteiger partial charge in [0.1, 0.15) is 6.04 Å². The molecule has 1 unspecified atom stereocenters. The minimum absolute atomic E-state index is 0.0832. The molecular formula is C14H18ClN3O2S. The van der Waals surface area contributed by atoms with E-state index in [0.717, 1.165) is 36.5 Å². The van der Waals surface area contributed by atoms with E-state index in [4.69, 9.17) is 11.6 Å². The van der Waals surface area contributed by atoms with Crippen molar-refractivity contribution in [2.24, 2.45) is 0 Å². The number of nitrogens with zero attached hydrogens (tertiary/aromatic N) is 3. The Labute approximate surface area is 132 Å². The highest BCUT2D eigenvalue weighted by molar-refractivity contribution is 7.09. The van der Waals surface area contributed by atoms with Crippen molar-refractivity contribution in [3.05, 3.63) is 16.1 Å². The lowest BCUT2D eigenvalue weighted by Crippen LogP contribution is -2.61. The molecule has 7 heteroatoms. The summed E-state index contributed by atoms with van der Waals surface area (Å²) in [5.74, 6) is 0.595. The highest BCUT2D eigenvalue weighted by atomic mass is 35.5. The first-order chi connectivity index (χ1) is 10.2. The molecule has 0 radical (unpaired) electrons. The van der Waals surface area contributed by atoms with E-state index >= 15 is 0 Å². The molecule has 2 amide bonds. The molecule has 0 spiro atoms. The number of aromatic nitrogens is 1. The monoisotopic (exact) mass is 327 g/mol. The van der Waals surface area contributed by atoms with Crippen molar-refractivity contribution in [1.82, 2.24) is 14.8 Å². The van der Waals surface area contributed by atoms with Crippen LogP contribution in [-0.4, -0.2) is 52.3 Å². The van der Waals surface area contributed by atoms with Gasteiger partial charge in [-0.1, -0.05) is 0 Å². The van der Waals surface area contributed by atoms with Gasteiger partial charge in [0, 0.05) is 24.9 Å². The number of rotatable bonds is 4. The van der Waals surface area contributed by atoms with Crippen LogP contribution in [0, 0.1) is 0 Å². The van der Waals surface area contributed by atoms with Gasteiger partial charge in [-0.2, -0.15) is 0 Å². The summed E-state index contributed by atoms with van der Waals surface area (Å²) in [4.78, 5) is 32.5. The molecule has 0 aromatic carbocycles. The normalized spacial score (nSPS) is 22.6. The summed E-state index contributed by atoms with van der Waals surface area (Å²) in [5, 5.41) is 2.91. The lowest BCUT2D eigenvalue weighted by atomic mass is 9.98. The number of carbonyl (C=O) groups excluding carboxylic acids is 2. The molecule has 1 aromatic heterocycles. The van der Waals surface area contributed by atoms with Gasteiger partial charge in [0.2, 0.25) is 11.8 Å². The SMILES string of the molecule is O=C1C2CCCCN2C(=O)CN1CCc1nc(CCl)cs1. The maximum Gasteiger partial charge on any atom is 0.245 e. The minimum Gasteiger partial charge on any atom is -0.331 e.